The largest absolute Gasteiger partial charge is 0.616 e. The highest BCUT2D eigenvalue weighted by molar-refractivity contribution is 7.91. The van der Waals surface area contributed by atoms with Crippen LogP contribution in [0, 0.1) is 0 Å². The number of hydrogen-bond donors (Lipinski definition) is 1. The summed E-state index contributed by atoms with van der Waals surface area (Å²) in [7, 11) is -2.39. The number of benzene rings is 1. The average Bonchev–Trinajstić information content (AvgIpc) is 2.46. The van der Waals surface area contributed by atoms with Crippen molar-refractivity contribution in [3.05, 3.63) is 23.8 Å². The molecule has 1 unspecified atom stereocenters. The molecule has 0 aromatic heterocycles. The highest BCUT2D eigenvalue weighted by Gasteiger charge is 2.29. The number of hydrogen-bond acceptors (Lipinski definition) is 7. The van der Waals surface area contributed by atoms with Crippen molar-refractivity contribution in [1.82, 2.24) is 0 Å². The molecule has 1 aromatic rings. The molecule has 0 fully saturated rings. The van der Waals surface area contributed by atoms with Crippen LogP contribution in [-0.2, 0) is 35.3 Å². The highest BCUT2D eigenvalue weighted by atomic mass is 32.2. The minimum Gasteiger partial charge on any atom is -0.616 e. The van der Waals surface area contributed by atoms with Crippen LogP contribution < -0.4 is 9.26 Å². The summed E-state index contributed by atoms with van der Waals surface area (Å²) >= 11 is -1.58. The summed E-state index contributed by atoms with van der Waals surface area (Å²) in [6.45, 7) is 3.55. The second kappa shape index (κ2) is 9.90. The summed E-state index contributed by atoms with van der Waals surface area (Å²) in [5.74, 6) is -1.19. The predicted molar refractivity (Wildman–Crippen MR) is 88.8 cm³/mol. The molecule has 0 bridgehead atoms. The monoisotopic (exact) mass is 380 g/mol. The van der Waals surface area contributed by atoms with E-state index in [9.17, 15) is 13.9 Å². The minimum absolute atomic E-state index is 0.0141. The lowest BCUT2D eigenvalue weighted by atomic mass is 10.2. The van der Waals surface area contributed by atoms with Crippen LogP contribution in [-0.4, -0.2) is 41.7 Å². The number of ether oxygens (including phenoxy) is 1. The maximum absolute atomic E-state index is 12.5. The number of phosphoric acid groups is 1. The lowest BCUT2D eigenvalue weighted by Crippen LogP contribution is -2.17. The van der Waals surface area contributed by atoms with Gasteiger partial charge in [0.15, 0.2) is 11.5 Å². The summed E-state index contributed by atoms with van der Waals surface area (Å²) in [5, 5.41) is 8.66. The molecule has 0 spiro atoms. The van der Waals surface area contributed by atoms with Gasteiger partial charge in [0.25, 0.3) is 0 Å². The Hall–Kier alpha value is -1.25. The second-order valence-electron chi connectivity index (χ2n) is 4.48. The molecule has 0 saturated heterocycles. The molecule has 0 amide bonds. The number of carbonyl (C=O) groups is 1. The first kappa shape index (κ1) is 20.8. The van der Waals surface area contributed by atoms with Crippen molar-refractivity contribution in [2.45, 2.75) is 19.6 Å². The third-order valence-corrected chi connectivity index (χ3v) is 5.42. The minimum atomic E-state index is -3.81. The Kier molecular flexibility index (Phi) is 8.58. The topological polar surface area (TPSA) is 114 Å². The van der Waals surface area contributed by atoms with E-state index in [-0.39, 0.29) is 24.7 Å². The van der Waals surface area contributed by atoms with Crippen LogP contribution in [0.4, 0.5) is 0 Å². The molecule has 0 aliphatic heterocycles. The van der Waals surface area contributed by atoms with Gasteiger partial charge in [0, 0.05) is 5.56 Å². The van der Waals surface area contributed by atoms with E-state index >= 15 is 0 Å². The van der Waals surface area contributed by atoms with Crippen LogP contribution in [0.5, 0.6) is 11.5 Å². The van der Waals surface area contributed by atoms with Crippen molar-refractivity contribution < 1.29 is 37.3 Å². The summed E-state index contributed by atoms with van der Waals surface area (Å²) in [5.41, 5.74) is 0.546. The number of carboxylic acids is 1. The average molecular weight is 380 g/mol. The Labute approximate surface area is 143 Å². The van der Waals surface area contributed by atoms with Gasteiger partial charge in [0.2, 0.25) is 5.75 Å². The fraction of sp³-hybridized carbons (Fsp3) is 0.500. The third-order valence-electron chi connectivity index (χ3n) is 2.62. The third kappa shape index (κ3) is 6.70. The van der Waals surface area contributed by atoms with E-state index in [4.69, 9.17) is 23.4 Å². The Bertz CT molecular complexity index is 584. The molecule has 1 aromatic carbocycles. The lowest BCUT2D eigenvalue weighted by molar-refractivity contribution is -0.134. The Balaban J connectivity index is 3.01. The molecular weight excluding hydrogens is 359 g/mol. The van der Waals surface area contributed by atoms with Gasteiger partial charge < -0.3 is 18.9 Å². The number of carboxylic acid groups (broad SMARTS) is 1. The summed E-state index contributed by atoms with van der Waals surface area (Å²) < 4.78 is 44.9. The van der Waals surface area contributed by atoms with Crippen molar-refractivity contribution in [3.63, 3.8) is 0 Å². The van der Waals surface area contributed by atoms with Gasteiger partial charge in [0.1, 0.15) is 5.75 Å². The van der Waals surface area contributed by atoms with Crippen molar-refractivity contribution in [2.75, 3.05) is 26.1 Å². The molecule has 0 saturated carbocycles. The Morgan fingerprint density at radius 3 is 2.38 bits per heavy atom. The van der Waals surface area contributed by atoms with Crippen LogP contribution in [0.15, 0.2) is 18.2 Å². The molecule has 0 aliphatic carbocycles. The van der Waals surface area contributed by atoms with Gasteiger partial charge in [0.05, 0.1) is 20.3 Å². The van der Waals surface area contributed by atoms with E-state index in [1.54, 1.807) is 26.0 Å². The number of phosphoric ester groups is 1. The van der Waals surface area contributed by atoms with E-state index in [0.29, 0.717) is 11.3 Å². The highest BCUT2D eigenvalue weighted by Crippen LogP contribution is 2.51. The fourth-order valence-electron chi connectivity index (χ4n) is 1.78. The molecular formula is C14H21O8PS. The van der Waals surface area contributed by atoms with Crippen molar-refractivity contribution in [3.8, 4) is 11.5 Å². The predicted octanol–water partition coefficient (Wildman–Crippen LogP) is 2.59. The first-order valence-corrected chi connectivity index (χ1v) is 10.1. The van der Waals surface area contributed by atoms with Crippen molar-refractivity contribution >= 4 is 25.0 Å². The maximum Gasteiger partial charge on any atom is 0.530 e. The Morgan fingerprint density at radius 1 is 1.25 bits per heavy atom. The van der Waals surface area contributed by atoms with Gasteiger partial charge in [-0.2, -0.15) is 0 Å². The van der Waals surface area contributed by atoms with E-state index < -0.39 is 30.7 Å². The summed E-state index contributed by atoms with van der Waals surface area (Å²) in [6, 6.07) is 4.64. The fourth-order valence-corrected chi connectivity index (χ4v) is 3.91. The zero-order chi connectivity index (χ0) is 18.2. The van der Waals surface area contributed by atoms with Crippen LogP contribution in [0.1, 0.15) is 19.4 Å². The van der Waals surface area contributed by atoms with Crippen molar-refractivity contribution in [2.24, 2.45) is 0 Å². The molecule has 10 heteroatoms. The van der Waals surface area contributed by atoms with Crippen LogP contribution in [0.3, 0.4) is 0 Å². The molecule has 0 radical (unpaired) electrons. The van der Waals surface area contributed by atoms with Crippen molar-refractivity contribution in [1.29, 1.82) is 0 Å². The van der Waals surface area contributed by atoms with Gasteiger partial charge in [-0.1, -0.05) is 6.07 Å². The zero-order valence-corrected chi connectivity index (χ0v) is 15.4. The van der Waals surface area contributed by atoms with Crippen LogP contribution in [0.25, 0.3) is 0 Å². The smallest absolute Gasteiger partial charge is 0.530 e. The van der Waals surface area contributed by atoms with E-state index in [1.165, 1.54) is 13.2 Å². The molecule has 1 atom stereocenters. The molecule has 0 heterocycles. The number of rotatable bonds is 11. The molecule has 1 N–H and O–H groups in total. The lowest BCUT2D eigenvalue weighted by Gasteiger charge is -2.19. The zero-order valence-electron chi connectivity index (χ0n) is 13.7. The normalized spacial score (nSPS) is 12.7. The number of methoxy groups -OCH3 is 1. The summed E-state index contributed by atoms with van der Waals surface area (Å²) in [6.07, 6.45) is 0. The quantitative estimate of drug-likeness (QED) is 0.460. The molecule has 1 rings (SSSR count). The first-order valence-electron chi connectivity index (χ1n) is 7.16. The van der Waals surface area contributed by atoms with E-state index in [2.05, 4.69) is 0 Å². The molecule has 136 valence electrons. The van der Waals surface area contributed by atoms with Crippen LogP contribution in [0.2, 0.25) is 0 Å². The van der Waals surface area contributed by atoms with Crippen LogP contribution >= 0.6 is 7.82 Å². The van der Waals surface area contributed by atoms with Gasteiger partial charge in [-0.15, -0.1) is 0 Å². The SMILES string of the molecule is CCOP(=O)(OCC)Oc1cc(C[S+]([O-])CC(=O)O)ccc1OC. The first-order chi connectivity index (χ1) is 11.3. The van der Waals surface area contributed by atoms with E-state index in [1.807, 2.05) is 0 Å². The molecule has 24 heavy (non-hydrogen) atoms. The maximum atomic E-state index is 12.5. The molecule has 8 nitrogen and oxygen atoms in total. The van der Waals surface area contributed by atoms with Gasteiger partial charge in [-0.3, -0.25) is 9.05 Å². The van der Waals surface area contributed by atoms with Gasteiger partial charge >= 0.3 is 13.8 Å². The van der Waals surface area contributed by atoms with E-state index in [0.717, 1.165) is 0 Å². The van der Waals surface area contributed by atoms with Gasteiger partial charge in [-0.05, 0) is 37.2 Å². The van der Waals surface area contributed by atoms with Gasteiger partial charge in [-0.25, -0.2) is 9.36 Å². The molecule has 0 aliphatic rings. The second-order valence-corrected chi connectivity index (χ2v) is 7.53. The number of aliphatic carboxylic acids is 1. The summed E-state index contributed by atoms with van der Waals surface area (Å²) in [4.78, 5) is 10.6. The standard InChI is InChI=1S/C14H21O8PS/c1-4-20-23(17,21-5-2)22-13-8-11(6-7-12(13)19-3)9-24(18)10-14(15)16/h6-8H,4-5,9-10H2,1-3H3,(H,15,16). The Morgan fingerprint density at radius 2 is 1.88 bits per heavy atom.